The Morgan fingerprint density at radius 1 is 1.03 bits per heavy atom. The molecule has 0 saturated heterocycles. The molecule has 1 N–H and O–H groups in total. The number of hydrogen-bond acceptors (Lipinski definition) is 8. The number of rotatable bonds is 6. The van der Waals surface area contributed by atoms with E-state index in [1.165, 1.54) is 18.3 Å². The topological polar surface area (TPSA) is 119 Å². The lowest BCUT2D eigenvalue weighted by Crippen LogP contribution is -1.99. The first-order valence-corrected chi connectivity index (χ1v) is 8.58. The lowest BCUT2D eigenvalue weighted by Gasteiger charge is -2.01. The Morgan fingerprint density at radius 2 is 1.86 bits per heavy atom. The number of anilines is 1. The van der Waals surface area contributed by atoms with Crippen LogP contribution in [-0.4, -0.2) is 26.3 Å². The SMILES string of the molecule is O=[N+]([O-])c1cccc(-c2ccc(/C=N\Nc3nncc(-c4ccccc4)n3)o2)c1. The van der Waals surface area contributed by atoms with E-state index in [1.54, 1.807) is 30.5 Å². The first-order valence-electron chi connectivity index (χ1n) is 8.58. The monoisotopic (exact) mass is 386 g/mol. The van der Waals surface area contributed by atoms with Crippen molar-refractivity contribution in [2.75, 3.05) is 5.43 Å². The Kier molecular flexibility index (Phi) is 5.02. The molecule has 0 radical (unpaired) electrons. The van der Waals surface area contributed by atoms with Gasteiger partial charge in [-0.1, -0.05) is 42.5 Å². The fourth-order valence-electron chi connectivity index (χ4n) is 2.60. The maximum absolute atomic E-state index is 10.9. The number of furan rings is 1. The molecule has 0 atom stereocenters. The number of nitro groups is 1. The second-order valence-electron chi connectivity index (χ2n) is 5.91. The predicted molar refractivity (Wildman–Crippen MR) is 107 cm³/mol. The molecule has 9 nitrogen and oxygen atoms in total. The van der Waals surface area contributed by atoms with Gasteiger partial charge in [-0.25, -0.2) is 10.4 Å². The normalized spacial score (nSPS) is 10.9. The summed E-state index contributed by atoms with van der Waals surface area (Å²) in [5, 5.41) is 22.8. The standard InChI is InChI=1S/C20H14N6O3/c27-26(28)16-8-4-7-15(11-16)19-10-9-17(29-19)12-21-24-20-23-18(13-22-25-20)14-5-2-1-3-6-14/h1-13H,(H,23,24,25)/b21-12-. The molecular formula is C20H14N6O3. The van der Waals surface area contributed by atoms with Crippen molar-refractivity contribution in [3.05, 3.63) is 88.8 Å². The zero-order valence-electron chi connectivity index (χ0n) is 15.0. The quantitative estimate of drug-likeness (QED) is 0.300. The minimum absolute atomic E-state index is 0.00118. The third-order valence-corrected chi connectivity index (χ3v) is 3.95. The molecule has 0 aliphatic heterocycles. The number of nitro benzene ring substituents is 1. The summed E-state index contributed by atoms with van der Waals surface area (Å²) in [4.78, 5) is 14.8. The highest BCUT2D eigenvalue weighted by molar-refractivity contribution is 5.78. The third-order valence-electron chi connectivity index (χ3n) is 3.95. The van der Waals surface area contributed by atoms with Gasteiger partial charge in [-0.3, -0.25) is 10.1 Å². The molecule has 0 aliphatic carbocycles. The molecule has 0 spiro atoms. The van der Waals surface area contributed by atoms with Crippen LogP contribution >= 0.6 is 0 Å². The van der Waals surface area contributed by atoms with Gasteiger partial charge >= 0.3 is 0 Å². The molecule has 0 amide bonds. The number of hydrazone groups is 1. The van der Waals surface area contributed by atoms with Gasteiger partial charge in [-0.05, 0) is 12.1 Å². The van der Waals surface area contributed by atoms with Crippen molar-refractivity contribution in [2.24, 2.45) is 5.10 Å². The average Bonchev–Trinajstić information content (AvgIpc) is 3.24. The van der Waals surface area contributed by atoms with Crippen molar-refractivity contribution < 1.29 is 9.34 Å². The molecule has 4 rings (SSSR count). The van der Waals surface area contributed by atoms with E-state index in [0.29, 0.717) is 22.8 Å². The van der Waals surface area contributed by atoms with Crippen molar-refractivity contribution in [2.45, 2.75) is 0 Å². The molecule has 0 aliphatic rings. The molecule has 0 bridgehead atoms. The number of benzene rings is 2. The van der Waals surface area contributed by atoms with E-state index in [4.69, 9.17) is 4.42 Å². The Labute approximate surface area is 164 Å². The third kappa shape index (κ3) is 4.30. The molecule has 142 valence electrons. The Bertz CT molecular complexity index is 1170. The second kappa shape index (κ2) is 8.09. The molecule has 4 aromatic rings. The van der Waals surface area contributed by atoms with E-state index in [0.717, 1.165) is 5.56 Å². The van der Waals surface area contributed by atoms with Gasteiger partial charge in [0.2, 0.25) is 0 Å². The predicted octanol–water partition coefficient (Wildman–Crippen LogP) is 4.15. The van der Waals surface area contributed by atoms with E-state index < -0.39 is 4.92 Å². The van der Waals surface area contributed by atoms with Gasteiger partial charge in [0.1, 0.15) is 11.5 Å². The van der Waals surface area contributed by atoms with Crippen LogP contribution in [0, 0.1) is 10.1 Å². The molecule has 2 aromatic heterocycles. The highest BCUT2D eigenvalue weighted by Gasteiger charge is 2.10. The minimum atomic E-state index is -0.448. The van der Waals surface area contributed by atoms with Gasteiger partial charge < -0.3 is 4.42 Å². The molecule has 2 aromatic carbocycles. The van der Waals surface area contributed by atoms with Crippen molar-refractivity contribution in [3.8, 4) is 22.6 Å². The molecule has 29 heavy (non-hydrogen) atoms. The number of hydrogen-bond donors (Lipinski definition) is 1. The summed E-state index contributed by atoms with van der Waals surface area (Å²) in [5.74, 6) is 1.21. The molecule has 2 heterocycles. The summed E-state index contributed by atoms with van der Waals surface area (Å²) in [5.41, 5.74) is 4.91. The van der Waals surface area contributed by atoms with Gasteiger partial charge in [-0.15, -0.1) is 5.10 Å². The van der Waals surface area contributed by atoms with Crippen molar-refractivity contribution >= 4 is 17.9 Å². The van der Waals surface area contributed by atoms with Crippen molar-refractivity contribution in [1.29, 1.82) is 0 Å². The Morgan fingerprint density at radius 3 is 2.69 bits per heavy atom. The van der Waals surface area contributed by atoms with Crippen LogP contribution in [0.5, 0.6) is 0 Å². The van der Waals surface area contributed by atoms with E-state index in [1.807, 2.05) is 30.3 Å². The van der Waals surface area contributed by atoms with Gasteiger partial charge in [0.25, 0.3) is 11.6 Å². The maximum atomic E-state index is 10.9. The summed E-state index contributed by atoms with van der Waals surface area (Å²) >= 11 is 0. The van der Waals surface area contributed by atoms with Gasteiger partial charge in [-0.2, -0.15) is 10.2 Å². The van der Waals surface area contributed by atoms with E-state index in [2.05, 4.69) is 25.7 Å². The zero-order chi connectivity index (χ0) is 20.1. The van der Waals surface area contributed by atoms with Crippen LogP contribution in [0.2, 0.25) is 0 Å². The number of non-ortho nitro benzene ring substituents is 1. The van der Waals surface area contributed by atoms with Crippen LogP contribution in [0.25, 0.3) is 22.6 Å². The van der Waals surface area contributed by atoms with Crippen molar-refractivity contribution in [3.63, 3.8) is 0 Å². The zero-order valence-corrected chi connectivity index (χ0v) is 15.0. The fourth-order valence-corrected chi connectivity index (χ4v) is 2.60. The van der Waals surface area contributed by atoms with Crippen LogP contribution < -0.4 is 5.43 Å². The van der Waals surface area contributed by atoms with Crippen molar-refractivity contribution in [1.82, 2.24) is 15.2 Å². The maximum Gasteiger partial charge on any atom is 0.270 e. The number of nitrogens with one attached hydrogen (secondary N) is 1. The number of aromatic nitrogens is 3. The van der Waals surface area contributed by atoms with Gasteiger partial charge in [0.15, 0.2) is 0 Å². The first-order chi connectivity index (χ1) is 14.2. The summed E-state index contributed by atoms with van der Waals surface area (Å²) in [6, 6.07) is 19.2. The smallest absolute Gasteiger partial charge is 0.270 e. The minimum Gasteiger partial charge on any atom is -0.455 e. The largest absolute Gasteiger partial charge is 0.455 e. The molecule has 0 unspecified atom stereocenters. The molecular weight excluding hydrogens is 372 g/mol. The van der Waals surface area contributed by atoms with Crippen LogP contribution in [0.3, 0.4) is 0 Å². The highest BCUT2D eigenvalue weighted by Crippen LogP contribution is 2.25. The molecule has 0 fully saturated rings. The van der Waals surface area contributed by atoms with Crippen LogP contribution in [0.1, 0.15) is 5.76 Å². The summed E-state index contributed by atoms with van der Waals surface area (Å²) in [6.07, 6.45) is 3.03. The summed E-state index contributed by atoms with van der Waals surface area (Å²) in [7, 11) is 0. The van der Waals surface area contributed by atoms with E-state index >= 15 is 0 Å². The van der Waals surface area contributed by atoms with Crippen LogP contribution in [-0.2, 0) is 0 Å². The average molecular weight is 386 g/mol. The van der Waals surface area contributed by atoms with E-state index in [-0.39, 0.29) is 11.6 Å². The first kappa shape index (κ1) is 18.0. The highest BCUT2D eigenvalue weighted by atomic mass is 16.6. The summed E-state index contributed by atoms with van der Waals surface area (Å²) < 4.78 is 5.67. The van der Waals surface area contributed by atoms with E-state index in [9.17, 15) is 10.1 Å². The lowest BCUT2D eigenvalue weighted by molar-refractivity contribution is -0.384. The van der Waals surface area contributed by atoms with Crippen LogP contribution in [0.15, 0.2) is 82.4 Å². The van der Waals surface area contributed by atoms with Gasteiger partial charge in [0.05, 0.1) is 23.0 Å². The Balaban J connectivity index is 1.46. The van der Waals surface area contributed by atoms with Gasteiger partial charge in [0, 0.05) is 23.3 Å². The van der Waals surface area contributed by atoms with Crippen LogP contribution in [0.4, 0.5) is 11.6 Å². The Hall–Kier alpha value is -4.40. The summed E-state index contributed by atoms with van der Waals surface area (Å²) in [6.45, 7) is 0. The lowest BCUT2D eigenvalue weighted by atomic mass is 10.1. The number of nitrogens with zero attached hydrogens (tertiary/aromatic N) is 5. The second-order valence-corrected chi connectivity index (χ2v) is 5.91. The molecule has 9 heteroatoms. The molecule has 0 saturated carbocycles. The fraction of sp³-hybridized carbons (Fsp3) is 0.